The van der Waals surface area contributed by atoms with Crippen molar-refractivity contribution in [3.05, 3.63) is 18.3 Å². The number of unbranched alkanes of at least 4 members (excludes halogenated alkanes) is 8. The number of aromatic nitrogens is 1. The summed E-state index contributed by atoms with van der Waals surface area (Å²) in [5.74, 6) is 1.11. The first-order valence-electron chi connectivity index (χ1n) is 16.2. The van der Waals surface area contributed by atoms with Crippen LogP contribution in [0.1, 0.15) is 150 Å². The summed E-state index contributed by atoms with van der Waals surface area (Å²) in [5.41, 5.74) is 0.730. The number of anilines is 1. The van der Waals surface area contributed by atoms with Crippen molar-refractivity contribution in [2.24, 2.45) is 0 Å². The van der Waals surface area contributed by atoms with Gasteiger partial charge in [-0.05, 0) is 51.0 Å². The predicted molar refractivity (Wildman–Crippen MR) is 160 cm³/mol. The van der Waals surface area contributed by atoms with E-state index in [0.29, 0.717) is 0 Å². The van der Waals surface area contributed by atoms with Gasteiger partial charge in [0.1, 0.15) is 5.82 Å². The number of hydrogen-bond donors (Lipinski definition) is 0. The highest BCUT2D eigenvalue weighted by Gasteiger charge is 2.60. The predicted octanol–water partition coefficient (Wildman–Crippen LogP) is 8.61. The summed E-state index contributed by atoms with van der Waals surface area (Å²) in [4.78, 5) is 7.34. The minimum absolute atomic E-state index is 0.185. The van der Waals surface area contributed by atoms with Crippen LogP contribution in [0.4, 0.5) is 5.82 Å². The Morgan fingerprint density at radius 3 is 1.51 bits per heavy atom. The molecule has 2 aliphatic rings. The van der Waals surface area contributed by atoms with E-state index >= 15 is 0 Å². The van der Waals surface area contributed by atoms with Crippen molar-refractivity contribution in [1.82, 2.24) is 4.98 Å². The van der Waals surface area contributed by atoms with Crippen molar-refractivity contribution in [1.29, 1.82) is 0 Å². The van der Waals surface area contributed by atoms with Crippen LogP contribution in [0.15, 0.2) is 18.3 Å². The van der Waals surface area contributed by atoms with E-state index < -0.39 is 0 Å². The van der Waals surface area contributed by atoms with Crippen molar-refractivity contribution in [2.75, 3.05) is 18.0 Å². The second-order valence-corrected chi connectivity index (χ2v) is 11.9. The van der Waals surface area contributed by atoms with E-state index in [4.69, 9.17) is 14.3 Å². The first-order valence-corrected chi connectivity index (χ1v) is 16.2. The lowest BCUT2D eigenvalue weighted by Gasteiger charge is -2.45. The van der Waals surface area contributed by atoms with Crippen LogP contribution in [0.25, 0.3) is 0 Å². The normalized spacial score (nSPS) is 19.0. The van der Waals surface area contributed by atoms with Crippen molar-refractivity contribution in [3.63, 3.8) is 0 Å². The second kappa shape index (κ2) is 16.1. The molecular formula is C32H57BN2O2. The van der Waals surface area contributed by atoms with E-state index in [1.165, 1.54) is 96.3 Å². The van der Waals surface area contributed by atoms with Gasteiger partial charge in [-0.3, -0.25) is 0 Å². The molecule has 0 spiro atoms. The maximum Gasteiger partial charge on any atom is 0.496 e. The van der Waals surface area contributed by atoms with Gasteiger partial charge in [0.15, 0.2) is 0 Å². The van der Waals surface area contributed by atoms with Crippen molar-refractivity contribution < 1.29 is 9.31 Å². The number of hydrogen-bond acceptors (Lipinski definition) is 4. The van der Waals surface area contributed by atoms with Crippen LogP contribution in [0, 0.1) is 0 Å². The summed E-state index contributed by atoms with van der Waals surface area (Å²) in [6.07, 6.45) is 25.4. The smallest absolute Gasteiger partial charge is 0.399 e. The third kappa shape index (κ3) is 8.21. The standard InChI is InChI=1S/C32H57BN2O2/c1-5-9-14-22-31(23-15-10-6-2)32(24-16-11-7-3,25-17-12-8-4)37-33(36-31)29-20-21-30(34-28-29)35-26-18-13-19-27-35/h20-21,28H,5-19,22-27H2,1-4H3. The lowest BCUT2D eigenvalue weighted by molar-refractivity contribution is -0.0768. The van der Waals surface area contributed by atoms with Gasteiger partial charge in [-0.1, -0.05) is 111 Å². The highest BCUT2D eigenvalue weighted by molar-refractivity contribution is 6.62. The molecule has 0 amide bonds. The summed E-state index contributed by atoms with van der Waals surface area (Å²) in [7, 11) is -0.297. The average molecular weight is 513 g/mol. The Bertz CT molecular complexity index is 683. The molecule has 37 heavy (non-hydrogen) atoms. The van der Waals surface area contributed by atoms with Gasteiger partial charge in [-0.2, -0.15) is 0 Å². The van der Waals surface area contributed by atoms with Crippen LogP contribution in [-0.2, 0) is 9.31 Å². The number of rotatable bonds is 18. The van der Waals surface area contributed by atoms with Gasteiger partial charge in [0.2, 0.25) is 0 Å². The Balaban J connectivity index is 1.90. The molecule has 1 aromatic heterocycles. The molecule has 2 saturated heterocycles. The van der Waals surface area contributed by atoms with Gasteiger partial charge in [0.25, 0.3) is 0 Å². The molecule has 210 valence electrons. The van der Waals surface area contributed by atoms with Crippen LogP contribution in [-0.4, -0.2) is 36.4 Å². The third-order valence-electron chi connectivity index (χ3n) is 8.96. The highest BCUT2D eigenvalue weighted by atomic mass is 16.7. The maximum atomic E-state index is 7.22. The first kappa shape index (κ1) is 30.5. The molecule has 5 heteroatoms. The van der Waals surface area contributed by atoms with Gasteiger partial charge in [0, 0.05) is 24.7 Å². The van der Waals surface area contributed by atoms with Crippen LogP contribution in [0.2, 0.25) is 0 Å². The molecule has 0 unspecified atom stereocenters. The molecular weight excluding hydrogens is 455 g/mol. The van der Waals surface area contributed by atoms with Crippen LogP contribution in [0.5, 0.6) is 0 Å². The fraction of sp³-hybridized carbons (Fsp3) is 0.844. The maximum absolute atomic E-state index is 7.22. The molecule has 0 atom stereocenters. The Labute approximate surface area is 229 Å². The van der Waals surface area contributed by atoms with Gasteiger partial charge >= 0.3 is 7.12 Å². The summed E-state index contributed by atoms with van der Waals surface area (Å²) in [5, 5.41) is 0. The molecule has 4 nitrogen and oxygen atoms in total. The van der Waals surface area contributed by atoms with E-state index in [1.807, 2.05) is 6.20 Å². The van der Waals surface area contributed by atoms with Gasteiger partial charge in [-0.15, -0.1) is 0 Å². The SMILES string of the molecule is CCCCCC1(CCCCC)OB(c2ccc(N3CCCCC3)nc2)OC1(CCCCC)CCCCC. The highest BCUT2D eigenvalue weighted by Crippen LogP contribution is 2.50. The average Bonchev–Trinajstić information content (AvgIpc) is 3.24. The number of pyridine rings is 1. The number of nitrogens with zero attached hydrogens (tertiary/aromatic N) is 2. The van der Waals surface area contributed by atoms with E-state index in [9.17, 15) is 0 Å². The molecule has 0 saturated carbocycles. The third-order valence-corrected chi connectivity index (χ3v) is 8.96. The zero-order valence-corrected chi connectivity index (χ0v) is 24.9. The lowest BCUT2D eigenvalue weighted by Crippen LogP contribution is -2.52. The largest absolute Gasteiger partial charge is 0.496 e. The zero-order chi connectivity index (χ0) is 26.4. The van der Waals surface area contributed by atoms with Gasteiger partial charge < -0.3 is 14.2 Å². The first-order chi connectivity index (χ1) is 18.1. The molecule has 3 rings (SSSR count). The van der Waals surface area contributed by atoms with Crippen LogP contribution < -0.4 is 10.4 Å². The molecule has 0 aromatic carbocycles. The molecule has 2 aliphatic heterocycles. The van der Waals surface area contributed by atoms with Gasteiger partial charge in [-0.25, -0.2) is 4.98 Å². The quantitative estimate of drug-likeness (QED) is 0.146. The molecule has 0 bridgehead atoms. The molecule has 2 fully saturated rings. The van der Waals surface area contributed by atoms with Crippen LogP contribution >= 0.6 is 0 Å². The zero-order valence-electron chi connectivity index (χ0n) is 24.9. The Morgan fingerprint density at radius 1 is 0.676 bits per heavy atom. The van der Waals surface area contributed by atoms with E-state index in [-0.39, 0.29) is 18.3 Å². The molecule has 0 N–H and O–H groups in total. The summed E-state index contributed by atoms with van der Waals surface area (Å²) < 4.78 is 14.4. The lowest BCUT2D eigenvalue weighted by atomic mass is 9.70. The summed E-state index contributed by atoms with van der Waals surface area (Å²) in [6.45, 7) is 11.5. The van der Waals surface area contributed by atoms with E-state index in [1.54, 1.807) is 0 Å². The molecule has 0 radical (unpaired) electrons. The van der Waals surface area contributed by atoms with Crippen LogP contribution in [0.3, 0.4) is 0 Å². The minimum Gasteiger partial charge on any atom is -0.399 e. The Hall–Kier alpha value is -1.07. The topological polar surface area (TPSA) is 34.6 Å². The van der Waals surface area contributed by atoms with Crippen molar-refractivity contribution >= 4 is 18.4 Å². The molecule has 0 aliphatic carbocycles. The van der Waals surface area contributed by atoms with Crippen molar-refractivity contribution in [3.8, 4) is 0 Å². The fourth-order valence-corrected chi connectivity index (χ4v) is 6.67. The van der Waals surface area contributed by atoms with E-state index in [0.717, 1.165) is 50.1 Å². The van der Waals surface area contributed by atoms with Crippen molar-refractivity contribution in [2.45, 2.75) is 161 Å². The molecule has 3 heterocycles. The molecule has 1 aromatic rings. The Morgan fingerprint density at radius 2 is 1.14 bits per heavy atom. The van der Waals surface area contributed by atoms with E-state index in [2.05, 4.69) is 44.7 Å². The Kier molecular flexibility index (Phi) is 13.3. The second-order valence-electron chi connectivity index (χ2n) is 11.9. The minimum atomic E-state index is -0.297. The van der Waals surface area contributed by atoms with Gasteiger partial charge in [0.05, 0.1) is 11.2 Å². The monoisotopic (exact) mass is 512 g/mol. The summed E-state index contributed by atoms with van der Waals surface area (Å²) >= 11 is 0. The fourth-order valence-electron chi connectivity index (χ4n) is 6.67. The summed E-state index contributed by atoms with van der Waals surface area (Å²) in [6, 6.07) is 4.44. The number of piperidine rings is 1.